The van der Waals surface area contributed by atoms with E-state index >= 15 is 0 Å². The zero-order valence-corrected chi connectivity index (χ0v) is 12.0. The first-order chi connectivity index (χ1) is 10.2. The molecule has 1 aromatic heterocycles. The van der Waals surface area contributed by atoms with Crippen molar-refractivity contribution < 1.29 is 14.3 Å². The fourth-order valence-electron chi connectivity index (χ4n) is 1.99. The fourth-order valence-corrected chi connectivity index (χ4v) is 2.78. The zero-order valence-electron chi connectivity index (χ0n) is 11.2. The van der Waals surface area contributed by atoms with Crippen molar-refractivity contribution in [3.63, 3.8) is 0 Å². The third kappa shape index (κ3) is 3.44. The number of hydrogen-bond donors (Lipinski definition) is 1. The Morgan fingerprint density at radius 2 is 1.81 bits per heavy atom. The first-order valence-corrected chi connectivity index (χ1v) is 7.47. The maximum absolute atomic E-state index is 10.6. The van der Waals surface area contributed by atoms with Gasteiger partial charge in [-0.25, -0.2) is 4.98 Å². The minimum atomic E-state index is -0.816. The van der Waals surface area contributed by atoms with Crippen molar-refractivity contribution in [2.75, 3.05) is 0 Å². The second-order valence-corrected chi connectivity index (χ2v) is 5.55. The zero-order chi connectivity index (χ0) is 14.7. The van der Waals surface area contributed by atoms with Gasteiger partial charge >= 0.3 is 5.97 Å². The molecule has 0 unspecified atom stereocenters. The van der Waals surface area contributed by atoms with Crippen LogP contribution in [0.25, 0.3) is 11.1 Å². The van der Waals surface area contributed by atoms with Gasteiger partial charge in [0.25, 0.3) is 5.22 Å². The number of hydrogen-bond acceptors (Lipinski definition) is 4. The number of aromatic nitrogens is 1. The smallest absolute Gasteiger partial charge is 0.307 e. The summed E-state index contributed by atoms with van der Waals surface area (Å²) in [6, 6.07) is 15.2. The number of carbonyl (C=O) groups is 1. The molecule has 0 bridgehead atoms. The molecule has 0 radical (unpaired) electrons. The number of carboxylic acids is 1. The average molecular weight is 299 g/mol. The number of oxazole rings is 1. The molecular weight excluding hydrogens is 286 g/mol. The number of rotatable bonds is 5. The van der Waals surface area contributed by atoms with Crippen LogP contribution in [0, 0.1) is 0 Å². The Bertz CT molecular complexity index is 732. The van der Waals surface area contributed by atoms with Gasteiger partial charge < -0.3 is 9.52 Å². The summed E-state index contributed by atoms with van der Waals surface area (Å²) in [5, 5.41) is 9.38. The summed E-state index contributed by atoms with van der Waals surface area (Å²) in [6.45, 7) is 0. The molecule has 0 saturated carbocycles. The molecule has 106 valence electrons. The Labute approximate surface area is 125 Å². The third-order valence-electron chi connectivity index (χ3n) is 3.01. The first-order valence-electron chi connectivity index (χ1n) is 6.49. The van der Waals surface area contributed by atoms with E-state index in [1.54, 1.807) is 0 Å². The monoisotopic (exact) mass is 299 g/mol. The van der Waals surface area contributed by atoms with Gasteiger partial charge in [-0.3, -0.25) is 4.79 Å². The van der Waals surface area contributed by atoms with Crippen LogP contribution in [0.5, 0.6) is 0 Å². The van der Waals surface area contributed by atoms with Crippen molar-refractivity contribution in [1.82, 2.24) is 4.98 Å². The molecule has 0 saturated heterocycles. The predicted molar refractivity (Wildman–Crippen MR) is 81.4 cm³/mol. The molecule has 1 heterocycles. The predicted octanol–water partition coefficient (Wildman–Crippen LogP) is 3.75. The maximum atomic E-state index is 10.6. The highest BCUT2D eigenvalue weighted by molar-refractivity contribution is 7.98. The lowest BCUT2D eigenvalue weighted by molar-refractivity contribution is -0.136. The normalized spacial score (nSPS) is 10.9. The van der Waals surface area contributed by atoms with Crippen molar-refractivity contribution in [2.24, 2.45) is 0 Å². The van der Waals surface area contributed by atoms with Gasteiger partial charge in [-0.05, 0) is 23.3 Å². The van der Waals surface area contributed by atoms with Gasteiger partial charge in [0.05, 0.1) is 6.42 Å². The summed E-state index contributed by atoms with van der Waals surface area (Å²) >= 11 is 1.52. The van der Waals surface area contributed by atoms with Gasteiger partial charge in [0.1, 0.15) is 5.52 Å². The second kappa shape index (κ2) is 6.01. The van der Waals surface area contributed by atoms with Gasteiger partial charge in [-0.15, -0.1) is 0 Å². The van der Waals surface area contributed by atoms with Crippen molar-refractivity contribution in [3.8, 4) is 0 Å². The van der Waals surface area contributed by atoms with Gasteiger partial charge in [-0.1, -0.05) is 48.2 Å². The molecule has 0 amide bonds. The summed E-state index contributed by atoms with van der Waals surface area (Å²) in [5.74, 6) is -0.0798. The van der Waals surface area contributed by atoms with Gasteiger partial charge in [0.15, 0.2) is 5.58 Å². The van der Waals surface area contributed by atoms with E-state index in [0.29, 0.717) is 5.22 Å². The Morgan fingerprint density at radius 1 is 1.10 bits per heavy atom. The minimum absolute atomic E-state index is 0.0541. The molecule has 0 fully saturated rings. The van der Waals surface area contributed by atoms with E-state index in [1.165, 1.54) is 11.8 Å². The quantitative estimate of drug-likeness (QED) is 0.727. The number of fused-ring (bicyclic) bond motifs is 1. The van der Waals surface area contributed by atoms with Crippen molar-refractivity contribution >= 4 is 28.8 Å². The second-order valence-electron chi connectivity index (χ2n) is 4.62. The lowest BCUT2D eigenvalue weighted by atomic mass is 10.1. The fraction of sp³-hybridized carbons (Fsp3) is 0.125. The Morgan fingerprint density at radius 3 is 2.52 bits per heavy atom. The number of carboxylic acid groups (broad SMARTS) is 1. The number of benzene rings is 2. The van der Waals surface area contributed by atoms with Crippen LogP contribution in [0.1, 0.15) is 11.1 Å². The molecular formula is C16H13NO3S. The van der Waals surface area contributed by atoms with Crippen LogP contribution in [-0.2, 0) is 17.0 Å². The van der Waals surface area contributed by atoms with E-state index < -0.39 is 5.97 Å². The highest BCUT2D eigenvalue weighted by atomic mass is 32.2. The lowest BCUT2D eigenvalue weighted by Gasteiger charge is -2.01. The summed E-state index contributed by atoms with van der Waals surface area (Å²) in [6.07, 6.45) is 0.0541. The van der Waals surface area contributed by atoms with Crippen LogP contribution in [-0.4, -0.2) is 16.1 Å². The first kappa shape index (κ1) is 13.7. The van der Waals surface area contributed by atoms with Crippen molar-refractivity contribution in [3.05, 3.63) is 59.7 Å². The van der Waals surface area contributed by atoms with E-state index in [-0.39, 0.29) is 6.42 Å². The summed E-state index contributed by atoms with van der Waals surface area (Å²) in [4.78, 5) is 15.0. The van der Waals surface area contributed by atoms with Crippen LogP contribution < -0.4 is 0 Å². The number of thioether (sulfide) groups is 1. The molecule has 1 N–H and O–H groups in total. The van der Waals surface area contributed by atoms with Crippen LogP contribution in [0.2, 0.25) is 0 Å². The molecule has 3 rings (SSSR count). The number of nitrogens with zero attached hydrogens (tertiary/aromatic N) is 1. The minimum Gasteiger partial charge on any atom is -0.481 e. The van der Waals surface area contributed by atoms with E-state index in [0.717, 1.165) is 28.0 Å². The topological polar surface area (TPSA) is 63.3 Å². The van der Waals surface area contributed by atoms with E-state index in [4.69, 9.17) is 9.52 Å². The van der Waals surface area contributed by atoms with Gasteiger partial charge in [0, 0.05) is 5.75 Å². The third-order valence-corrected chi connectivity index (χ3v) is 3.91. The summed E-state index contributed by atoms with van der Waals surface area (Å²) in [5.41, 5.74) is 3.56. The highest BCUT2D eigenvalue weighted by Gasteiger charge is 2.06. The average Bonchev–Trinajstić information content (AvgIpc) is 2.89. The van der Waals surface area contributed by atoms with E-state index in [2.05, 4.69) is 4.98 Å². The van der Waals surface area contributed by atoms with E-state index in [1.807, 2.05) is 48.5 Å². The SMILES string of the molecule is O=C(O)Cc1ccc(CSc2nc3ccccc3o2)cc1. The maximum Gasteiger partial charge on any atom is 0.307 e. The van der Waals surface area contributed by atoms with Gasteiger partial charge in [0.2, 0.25) is 0 Å². The highest BCUT2D eigenvalue weighted by Crippen LogP contribution is 2.26. The van der Waals surface area contributed by atoms with Crippen LogP contribution in [0.4, 0.5) is 0 Å². The molecule has 21 heavy (non-hydrogen) atoms. The molecule has 4 nitrogen and oxygen atoms in total. The van der Waals surface area contributed by atoms with Crippen LogP contribution in [0.15, 0.2) is 58.2 Å². The molecule has 0 aliphatic heterocycles. The molecule has 2 aromatic carbocycles. The molecule has 0 atom stereocenters. The van der Waals surface area contributed by atoms with Crippen molar-refractivity contribution in [1.29, 1.82) is 0 Å². The Hall–Kier alpha value is -2.27. The standard InChI is InChI=1S/C16H13NO3S/c18-15(19)9-11-5-7-12(8-6-11)10-21-16-17-13-3-1-2-4-14(13)20-16/h1-8H,9-10H2,(H,18,19). The van der Waals surface area contributed by atoms with Gasteiger partial charge in [-0.2, -0.15) is 0 Å². The summed E-state index contributed by atoms with van der Waals surface area (Å²) in [7, 11) is 0. The van der Waals surface area contributed by atoms with Crippen LogP contribution in [0.3, 0.4) is 0 Å². The lowest BCUT2D eigenvalue weighted by Crippen LogP contribution is -1.99. The van der Waals surface area contributed by atoms with E-state index in [9.17, 15) is 4.79 Å². The largest absolute Gasteiger partial charge is 0.481 e. The van der Waals surface area contributed by atoms with Crippen LogP contribution >= 0.6 is 11.8 Å². The molecule has 0 aliphatic rings. The Balaban J connectivity index is 1.65. The molecule has 5 heteroatoms. The number of aliphatic carboxylic acids is 1. The Kier molecular flexibility index (Phi) is 3.92. The molecule has 0 aliphatic carbocycles. The molecule has 3 aromatic rings. The van der Waals surface area contributed by atoms with Crippen molar-refractivity contribution in [2.45, 2.75) is 17.4 Å². The molecule has 0 spiro atoms. The summed E-state index contributed by atoms with van der Waals surface area (Å²) < 4.78 is 5.64. The number of para-hydroxylation sites is 2.